The summed E-state index contributed by atoms with van der Waals surface area (Å²) in [5.74, 6) is 0. The molecule has 0 aliphatic carbocycles. The van der Waals surface area contributed by atoms with Gasteiger partial charge >= 0.3 is 0 Å². The molecule has 3 N–H and O–H groups in total. The third-order valence-electron chi connectivity index (χ3n) is 4.07. The average molecular weight is 397 g/mol. The number of sulfone groups is 1. The van der Waals surface area contributed by atoms with Crippen molar-refractivity contribution in [1.82, 2.24) is 5.32 Å². The molecule has 1 aliphatic rings. The number of ether oxygens (including phenoxy) is 1. The van der Waals surface area contributed by atoms with Crippen molar-refractivity contribution >= 4 is 31.2 Å². The van der Waals surface area contributed by atoms with Gasteiger partial charge in [-0.25, -0.2) is 22.0 Å². The van der Waals surface area contributed by atoms with Crippen molar-refractivity contribution in [2.24, 2.45) is 5.14 Å². The molecule has 0 saturated carbocycles. The third kappa shape index (κ3) is 4.17. The lowest BCUT2D eigenvalue weighted by Crippen LogP contribution is -2.35. The van der Waals surface area contributed by atoms with Gasteiger partial charge in [0.1, 0.15) is 8.42 Å². The number of nitrogens with one attached hydrogen (secondary N) is 1. The summed E-state index contributed by atoms with van der Waals surface area (Å²) in [6.07, 6.45) is 2.46. The largest absolute Gasteiger partial charge is 0.385 e. The van der Waals surface area contributed by atoms with Crippen LogP contribution in [0.25, 0.3) is 0 Å². The molecule has 0 radical (unpaired) electrons. The lowest BCUT2D eigenvalue weighted by molar-refractivity contribution is 0.191. The summed E-state index contributed by atoms with van der Waals surface area (Å²) in [7, 11) is -5.90. The molecule has 2 heterocycles. The third-order valence-corrected chi connectivity index (χ3v) is 9.44. The van der Waals surface area contributed by atoms with Crippen molar-refractivity contribution in [2.45, 2.75) is 52.3 Å². The highest BCUT2D eigenvalue weighted by atomic mass is 32.3. The van der Waals surface area contributed by atoms with Gasteiger partial charge in [0.2, 0.25) is 10.0 Å². The first kappa shape index (κ1) is 19.8. The van der Waals surface area contributed by atoms with Crippen molar-refractivity contribution in [2.75, 3.05) is 20.3 Å². The van der Waals surface area contributed by atoms with E-state index in [9.17, 15) is 16.8 Å². The minimum atomic E-state index is -3.92. The summed E-state index contributed by atoms with van der Waals surface area (Å²) in [4.78, 5) is 0. The molecule has 138 valence electrons. The summed E-state index contributed by atoms with van der Waals surface area (Å²) in [6, 6.07) is 1.23. The molecule has 0 amide bonds. The van der Waals surface area contributed by atoms with Gasteiger partial charge in [0.15, 0.2) is 9.84 Å². The fraction of sp³-hybridized carbons (Fsp3) is 0.714. The Morgan fingerprint density at radius 3 is 2.75 bits per heavy atom. The zero-order chi connectivity index (χ0) is 18.0. The number of primary sulfonamides is 1. The highest BCUT2D eigenvalue weighted by Gasteiger charge is 2.41. The van der Waals surface area contributed by atoms with E-state index in [1.54, 1.807) is 7.11 Å². The quantitative estimate of drug-likeness (QED) is 0.642. The number of hydrogen-bond acceptors (Lipinski definition) is 7. The SMILES string of the molecule is CCCN[C@H]1C[C@H](CCCOC)S(=O)(=O)c2sc(S(N)(=O)=O)cc21. The number of fused-ring (bicyclic) bond motifs is 1. The molecule has 10 heteroatoms. The number of methoxy groups -OCH3 is 1. The molecule has 2 rings (SSSR count). The molecule has 1 aromatic heterocycles. The first-order valence-electron chi connectivity index (χ1n) is 7.84. The highest BCUT2D eigenvalue weighted by Crippen LogP contribution is 2.43. The maximum absolute atomic E-state index is 12.9. The van der Waals surface area contributed by atoms with E-state index in [0.29, 0.717) is 31.4 Å². The molecule has 24 heavy (non-hydrogen) atoms. The maximum Gasteiger partial charge on any atom is 0.247 e. The number of rotatable bonds is 8. The van der Waals surface area contributed by atoms with Crippen LogP contribution in [0.3, 0.4) is 0 Å². The molecule has 7 nitrogen and oxygen atoms in total. The van der Waals surface area contributed by atoms with Gasteiger partial charge in [-0.15, -0.1) is 11.3 Å². The van der Waals surface area contributed by atoms with Crippen molar-refractivity contribution in [3.63, 3.8) is 0 Å². The normalized spacial score (nSPS) is 23.1. The van der Waals surface area contributed by atoms with E-state index < -0.39 is 25.1 Å². The van der Waals surface area contributed by atoms with E-state index in [0.717, 1.165) is 24.3 Å². The highest BCUT2D eigenvalue weighted by molar-refractivity contribution is 7.95. The van der Waals surface area contributed by atoms with E-state index in [1.807, 2.05) is 6.92 Å². The number of sulfonamides is 1. The predicted octanol–water partition coefficient (Wildman–Crippen LogP) is 1.41. The fourth-order valence-corrected chi connectivity index (χ4v) is 7.63. The Morgan fingerprint density at radius 2 is 2.17 bits per heavy atom. The van der Waals surface area contributed by atoms with Gasteiger partial charge in [0, 0.05) is 25.3 Å². The van der Waals surface area contributed by atoms with Crippen LogP contribution >= 0.6 is 11.3 Å². The second-order valence-electron chi connectivity index (χ2n) is 5.90. The Labute approximate surface area is 147 Å². The monoisotopic (exact) mass is 396 g/mol. The second-order valence-corrected chi connectivity index (χ2v) is 11.2. The first-order valence-corrected chi connectivity index (χ1v) is 11.8. The fourth-order valence-electron chi connectivity index (χ4n) is 2.88. The average Bonchev–Trinajstić information content (AvgIpc) is 2.95. The van der Waals surface area contributed by atoms with Crippen LogP contribution in [0.15, 0.2) is 14.5 Å². The Hall–Kier alpha value is -0.520. The maximum atomic E-state index is 12.9. The van der Waals surface area contributed by atoms with Gasteiger partial charge in [0.05, 0.1) is 5.25 Å². The van der Waals surface area contributed by atoms with Gasteiger partial charge < -0.3 is 10.1 Å². The molecule has 1 aliphatic heterocycles. The van der Waals surface area contributed by atoms with Gasteiger partial charge in [-0.2, -0.15) is 0 Å². The Morgan fingerprint density at radius 1 is 1.46 bits per heavy atom. The van der Waals surface area contributed by atoms with E-state index in [2.05, 4.69) is 5.32 Å². The van der Waals surface area contributed by atoms with Crippen LogP contribution in [0.5, 0.6) is 0 Å². The lowest BCUT2D eigenvalue weighted by Gasteiger charge is -2.30. The number of thiophene rings is 1. The van der Waals surface area contributed by atoms with Crippen LogP contribution in [-0.4, -0.2) is 42.3 Å². The summed E-state index contributed by atoms with van der Waals surface area (Å²) in [6.45, 7) is 3.25. The lowest BCUT2D eigenvalue weighted by atomic mass is 10.0. The Kier molecular flexibility index (Phi) is 6.43. The number of hydrogen-bond donors (Lipinski definition) is 2. The smallest absolute Gasteiger partial charge is 0.247 e. The Balaban J connectivity index is 2.42. The van der Waals surface area contributed by atoms with Crippen molar-refractivity contribution in [3.8, 4) is 0 Å². The summed E-state index contributed by atoms with van der Waals surface area (Å²) >= 11 is 0.757. The van der Waals surface area contributed by atoms with Crippen LogP contribution in [0.2, 0.25) is 0 Å². The molecule has 0 fully saturated rings. The molecule has 0 bridgehead atoms. The van der Waals surface area contributed by atoms with Crippen LogP contribution in [-0.2, 0) is 24.6 Å². The van der Waals surface area contributed by atoms with Gasteiger partial charge in [-0.05, 0) is 38.3 Å². The van der Waals surface area contributed by atoms with Gasteiger partial charge in [-0.1, -0.05) is 6.92 Å². The van der Waals surface area contributed by atoms with Crippen LogP contribution in [0.4, 0.5) is 0 Å². The molecule has 1 aromatic rings. The van der Waals surface area contributed by atoms with Crippen molar-refractivity contribution in [3.05, 3.63) is 11.6 Å². The minimum Gasteiger partial charge on any atom is -0.385 e. The van der Waals surface area contributed by atoms with E-state index in [-0.39, 0.29) is 14.5 Å². The second kappa shape index (κ2) is 7.79. The predicted molar refractivity (Wildman–Crippen MR) is 93.4 cm³/mol. The molecule has 2 atom stereocenters. The van der Waals surface area contributed by atoms with Crippen LogP contribution < -0.4 is 10.5 Å². The van der Waals surface area contributed by atoms with Gasteiger partial charge in [0.25, 0.3) is 0 Å². The van der Waals surface area contributed by atoms with Crippen LogP contribution in [0, 0.1) is 0 Å². The van der Waals surface area contributed by atoms with E-state index in [4.69, 9.17) is 9.88 Å². The first-order chi connectivity index (χ1) is 11.2. The van der Waals surface area contributed by atoms with E-state index in [1.165, 1.54) is 6.07 Å². The van der Waals surface area contributed by atoms with Gasteiger partial charge in [-0.3, -0.25) is 0 Å². The van der Waals surface area contributed by atoms with Crippen molar-refractivity contribution in [1.29, 1.82) is 0 Å². The molecule has 0 spiro atoms. The summed E-state index contributed by atoms with van der Waals surface area (Å²) < 4.78 is 54.0. The zero-order valence-corrected chi connectivity index (χ0v) is 16.3. The topological polar surface area (TPSA) is 116 Å². The minimum absolute atomic E-state index is 0.100. The van der Waals surface area contributed by atoms with E-state index >= 15 is 0 Å². The van der Waals surface area contributed by atoms with Crippen molar-refractivity contribution < 1.29 is 21.6 Å². The zero-order valence-electron chi connectivity index (χ0n) is 13.8. The summed E-state index contributed by atoms with van der Waals surface area (Å²) in [5, 5.41) is 7.97. The van der Waals surface area contributed by atoms with Crippen LogP contribution in [0.1, 0.15) is 44.2 Å². The molecular formula is C14H24N2O5S3. The molecule has 0 saturated heterocycles. The standard InChI is InChI=1S/C14H24N2O5S3/c1-3-6-16-12-8-10(5-4-7-21-2)23(17,18)14-11(12)9-13(22-14)24(15,19)20/h9-10,12,16H,3-8H2,1-2H3,(H2,15,19,20)/t10-,12-/m0/s1. The Bertz CT molecular complexity index is 770. The summed E-state index contributed by atoms with van der Waals surface area (Å²) in [5.41, 5.74) is 0.528. The molecule has 0 unspecified atom stereocenters. The number of nitrogens with two attached hydrogens (primary N) is 1. The molecular weight excluding hydrogens is 372 g/mol. The molecule has 0 aromatic carbocycles.